The molecule has 0 saturated carbocycles. The van der Waals surface area contributed by atoms with Crippen LogP contribution in [0.3, 0.4) is 0 Å². The quantitative estimate of drug-likeness (QED) is 0.922. The molecule has 0 bridgehead atoms. The Morgan fingerprint density at radius 2 is 1.95 bits per heavy atom. The first-order chi connectivity index (χ1) is 10.7. The van der Waals surface area contributed by atoms with Crippen molar-refractivity contribution in [1.29, 1.82) is 0 Å². The number of rotatable bonds is 5. The van der Waals surface area contributed by atoms with Crippen molar-refractivity contribution in [2.24, 2.45) is 0 Å². The molecule has 1 atom stereocenters. The van der Waals surface area contributed by atoms with Crippen LogP contribution in [0.2, 0.25) is 0 Å². The highest BCUT2D eigenvalue weighted by Gasteiger charge is 2.28. The van der Waals surface area contributed by atoms with Gasteiger partial charge in [-0.2, -0.15) is 0 Å². The van der Waals surface area contributed by atoms with Gasteiger partial charge in [0.05, 0.1) is 20.3 Å². The summed E-state index contributed by atoms with van der Waals surface area (Å²) in [5.74, 6) is 2.74. The zero-order valence-corrected chi connectivity index (χ0v) is 13.4. The lowest BCUT2D eigenvalue weighted by Gasteiger charge is -2.23. The summed E-state index contributed by atoms with van der Waals surface area (Å²) in [6.45, 7) is 4.00. The fourth-order valence-electron chi connectivity index (χ4n) is 3.12. The fraction of sp³-hybridized carbons (Fsp3) is 0.471. The molecule has 0 radical (unpaired) electrons. The van der Waals surface area contributed by atoms with Crippen LogP contribution in [0.1, 0.15) is 36.0 Å². The van der Waals surface area contributed by atoms with Crippen molar-refractivity contribution in [2.75, 3.05) is 20.8 Å². The first-order valence-corrected chi connectivity index (χ1v) is 7.67. The summed E-state index contributed by atoms with van der Waals surface area (Å²) in [5.41, 5.74) is 2.32. The highest BCUT2D eigenvalue weighted by molar-refractivity contribution is 5.38. The van der Waals surface area contributed by atoms with Crippen molar-refractivity contribution in [1.82, 2.24) is 14.9 Å². The number of aromatic amines is 1. The lowest BCUT2D eigenvalue weighted by atomic mass is 10.1. The van der Waals surface area contributed by atoms with E-state index in [1.807, 2.05) is 19.2 Å². The van der Waals surface area contributed by atoms with Crippen LogP contribution in [0.4, 0.5) is 0 Å². The van der Waals surface area contributed by atoms with Gasteiger partial charge in [0, 0.05) is 24.5 Å². The van der Waals surface area contributed by atoms with E-state index < -0.39 is 0 Å². The summed E-state index contributed by atoms with van der Waals surface area (Å²) in [6, 6.07) is 6.42. The molecule has 1 N–H and O–H groups in total. The third-order valence-corrected chi connectivity index (χ3v) is 4.20. The molecule has 118 valence electrons. The van der Waals surface area contributed by atoms with Crippen LogP contribution in [-0.2, 0) is 6.54 Å². The molecule has 0 aliphatic carbocycles. The molecule has 0 amide bonds. The smallest absolute Gasteiger partial charge is 0.123 e. The predicted molar refractivity (Wildman–Crippen MR) is 85.3 cm³/mol. The summed E-state index contributed by atoms with van der Waals surface area (Å²) < 4.78 is 10.7. The lowest BCUT2D eigenvalue weighted by molar-refractivity contribution is 0.240. The predicted octanol–water partition coefficient (Wildman–Crippen LogP) is 3.07. The largest absolute Gasteiger partial charge is 0.497 e. The molecule has 22 heavy (non-hydrogen) atoms. The number of nitrogens with one attached hydrogen (secondary N) is 1. The Kier molecular flexibility index (Phi) is 4.34. The van der Waals surface area contributed by atoms with Gasteiger partial charge in [0.2, 0.25) is 0 Å². The van der Waals surface area contributed by atoms with E-state index in [1.165, 1.54) is 12.0 Å². The van der Waals surface area contributed by atoms with E-state index in [0.29, 0.717) is 6.04 Å². The Labute approximate surface area is 131 Å². The van der Waals surface area contributed by atoms with E-state index in [1.54, 1.807) is 14.2 Å². The van der Waals surface area contributed by atoms with Gasteiger partial charge in [-0.15, -0.1) is 0 Å². The first kappa shape index (κ1) is 14.9. The second-order valence-corrected chi connectivity index (χ2v) is 5.80. The highest BCUT2D eigenvalue weighted by Crippen LogP contribution is 2.33. The number of ether oxygens (including phenoxy) is 2. The van der Waals surface area contributed by atoms with Crippen LogP contribution in [-0.4, -0.2) is 35.6 Å². The molecule has 1 fully saturated rings. The van der Waals surface area contributed by atoms with Crippen LogP contribution in [0, 0.1) is 6.92 Å². The summed E-state index contributed by atoms with van der Waals surface area (Å²) in [5, 5.41) is 0. The molecule has 5 nitrogen and oxygen atoms in total. The standard InChI is InChI=1S/C17H23N3O2/c1-12-10-18-17(19-12)16-5-4-6-20(16)11-13-7-14(21-2)9-15(8-13)22-3/h7-10,16H,4-6,11H2,1-3H3,(H,18,19)/t16-/m1/s1. The van der Waals surface area contributed by atoms with Gasteiger partial charge >= 0.3 is 0 Å². The minimum Gasteiger partial charge on any atom is -0.497 e. The van der Waals surface area contributed by atoms with Crippen LogP contribution in [0.15, 0.2) is 24.4 Å². The maximum atomic E-state index is 5.36. The molecule has 1 aliphatic rings. The van der Waals surface area contributed by atoms with Crippen molar-refractivity contribution < 1.29 is 9.47 Å². The molecule has 0 unspecified atom stereocenters. The fourth-order valence-corrected chi connectivity index (χ4v) is 3.12. The zero-order valence-electron chi connectivity index (χ0n) is 13.4. The second-order valence-electron chi connectivity index (χ2n) is 5.80. The Balaban J connectivity index is 1.79. The molecule has 0 spiro atoms. The lowest BCUT2D eigenvalue weighted by Crippen LogP contribution is -2.23. The second kappa shape index (κ2) is 6.40. The summed E-state index contributed by atoms with van der Waals surface area (Å²) >= 11 is 0. The maximum Gasteiger partial charge on any atom is 0.123 e. The molecule has 2 heterocycles. The Morgan fingerprint density at radius 3 is 2.55 bits per heavy atom. The first-order valence-electron chi connectivity index (χ1n) is 7.67. The summed E-state index contributed by atoms with van der Waals surface area (Å²) in [4.78, 5) is 10.4. The molecule has 5 heteroatoms. The number of hydrogen-bond acceptors (Lipinski definition) is 4. The monoisotopic (exact) mass is 301 g/mol. The van der Waals surface area contributed by atoms with Crippen LogP contribution >= 0.6 is 0 Å². The maximum absolute atomic E-state index is 5.36. The van der Waals surface area contributed by atoms with Gasteiger partial charge in [0.25, 0.3) is 0 Å². The van der Waals surface area contributed by atoms with Gasteiger partial charge in [0.1, 0.15) is 17.3 Å². The van der Waals surface area contributed by atoms with Crippen molar-refractivity contribution >= 4 is 0 Å². The average Bonchev–Trinajstić information content (AvgIpc) is 3.15. The summed E-state index contributed by atoms with van der Waals surface area (Å²) in [6.07, 6.45) is 4.25. The number of benzene rings is 1. The SMILES string of the molecule is COc1cc(CN2CCC[C@@H]2c2ncc(C)[nH]2)cc(OC)c1. The van der Waals surface area contributed by atoms with E-state index in [9.17, 15) is 0 Å². The van der Waals surface area contributed by atoms with Gasteiger partial charge in [-0.3, -0.25) is 4.90 Å². The van der Waals surface area contributed by atoms with Crippen molar-refractivity contribution in [3.05, 3.63) is 41.5 Å². The molecule has 1 aliphatic heterocycles. The highest BCUT2D eigenvalue weighted by atomic mass is 16.5. The Hall–Kier alpha value is -2.01. The minimum atomic E-state index is 0.367. The van der Waals surface area contributed by atoms with Crippen molar-refractivity contribution in [3.63, 3.8) is 0 Å². The van der Waals surface area contributed by atoms with Gasteiger partial charge in [-0.05, 0) is 44.0 Å². The van der Waals surface area contributed by atoms with Crippen LogP contribution < -0.4 is 9.47 Å². The number of aromatic nitrogens is 2. The molecule has 3 rings (SSSR count). The molecule has 1 aromatic heterocycles. The van der Waals surface area contributed by atoms with Gasteiger partial charge in [-0.25, -0.2) is 4.98 Å². The Morgan fingerprint density at radius 1 is 1.23 bits per heavy atom. The molecule has 2 aromatic rings. The van der Waals surface area contributed by atoms with E-state index in [4.69, 9.17) is 9.47 Å². The van der Waals surface area contributed by atoms with Crippen molar-refractivity contribution in [2.45, 2.75) is 32.4 Å². The van der Waals surface area contributed by atoms with Crippen LogP contribution in [0.25, 0.3) is 0 Å². The third-order valence-electron chi connectivity index (χ3n) is 4.20. The zero-order chi connectivity index (χ0) is 15.5. The molecule has 1 aromatic carbocycles. The number of methoxy groups -OCH3 is 2. The van der Waals surface area contributed by atoms with E-state index in [-0.39, 0.29) is 0 Å². The molecular weight excluding hydrogens is 278 g/mol. The van der Waals surface area contributed by atoms with Crippen molar-refractivity contribution in [3.8, 4) is 11.5 Å². The third kappa shape index (κ3) is 3.09. The number of hydrogen-bond donors (Lipinski definition) is 1. The number of likely N-dealkylation sites (tertiary alicyclic amines) is 1. The van der Waals surface area contributed by atoms with Gasteiger partial charge < -0.3 is 14.5 Å². The number of nitrogens with zero attached hydrogens (tertiary/aromatic N) is 2. The van der Waals surface area contributed by atoms with Crippen LogP contribution in [0.5, 0.6) is 11.5 Å². The number of imidazole rings is 1. The number of H-pyrrole nitrogens is 1. The van der Waals surface area contributed by atoms with Gasteiger partial charge in [0.15, 0.2) is 0 Å². The van der Waals surface area contributed by atoms with E-state index >= 15 is 0 Å². The van der Waals surface area contributed by atoms with Gasteiger partial charge in [-0.1, -0.05) is 0 Å². The average molecular weight is 301 g/mol. The molecule has 1 saturated heterocycles. The summed E-state index contributed by atoms with van der Waals surface area (Å²) in [7, 11) is 3.37. The van der Waals surface area contributed by atoms with E-state index in [0.717, 1.165) is 42.5 Å². The number of aryl methyl sites for hydroxylation is 1. The molecular formula is C17H23N3O2. The topological polar surface area (TPSA) is 50.4 Å². The Bertz CT molecular complexity index is 616. The van der Waals surface area contributed by atoms with E-state index in [2.05, 4.69) is 27.0 Å². The minimum absolute atomic E-state index is 0.367. The normalized spacial score (nSPS) is 18.6.